The first kappa shape index (κ1) is 13.9. The van der Waals surface area contributed by atoms with Crippen LogP contribution in [0.15, 0.2) is 6.07 Å². The first-order valence-electron chi connectivity index (χ1n) is 6.70. The molecule has 0 amide bonds. The minimum atomic E-state index is 0.0908. The van der Waals surface area contributed by atoms with Crippen LogP contribution in [0.2, 0.25) is 0 Å². The van der Waals surface area contributed by atoms with Crippen molar-refractivity contribution < 1.29 is 0 Å². The zero-order valence-electron chi connectivity index (χ0n) is 12.4. The molecule has 5 nitrogen and oxygen atoms in total. The average Bonchev–Trinajstić information content (AvgIpc) is 2.57. The Hall–Kier alpha value is -1.49. The Bertz CT molecular complexity index is 579. The lowest BCUT2D eigenvalue weighted by Gasteiger charge is -2.22. The highest BCUT2D eigenvalue weighted by Gasteiger charge is 2.19. The topological polar surface area (TPSA) is 69.1 Å². The molecule has 0 aromatic carbocycles. The Labute approximate surface area is 114 Å². The molecular formula is C14H23N5. The molecule has 0 aliphatic rings. The zero-order chi connectivity index (χ0) is 14.2. The predicted molar refractivity (Wildman–Crippen MR) is 76.0 cm³/mol. The molecule has 0 saturated heterocycles. The van der Waals surface area contributed by atoms with Gasteiger partial charge in [-0.15, -0.1) is 10.2 Å². The van der Waals surface area contributed by atoms with Gasteiger partial charge in [-0.1, -0.05) is 20.8 Å². The van der Waals surface area contributed by atoms with Crippen LogP contribution in [0.4, 0.5) is 0 Å². The summed E-state index contributed by atoms with van der Waals surface area (Å²) >= 11 is 0. The third kappa shape index (κ3) is 3.29. The minimum Gasteiger partial charge on any atom is -0.327 e. The van der Waals surface area contributed by atoms with Crippen molar-refractivity contribution in [2.45, 2.75) is 53.5 Å². The van der Waals surface area contributed by atoms with Crippen LogP contribution in [0.3, 0.4) is 0 Å². The SMILES string of the molecule is Cc1cc(C)n2c(CC(N)CC(C)(C)C)nnc2n1. The van der Waals surface area contributed by atoms with Gasteiger partial charge in [0.1, 0.15) is 5.82 Å². The fraction of sp³-hybridized carbons (Fsp3) is 0.643. The van der Waals surface area contributed by atoms with E-state index in [0.717, 1.165) is 30.1 Å². The maximum absolute atomic E-state index is 6.22. The van der Waals surface area contributed by atoms with E-state index < -0.39 is 0 Å². The van der Waals surface area contributed by atoms with E-state index in [1.807, 2.05) is 24.3 Å². The normalized spacial score (nSPS) is 14.0. The summed E-state index contributed by atoms with van der Waals surface area (Å²) in [5, 5.41) is 8.37. The number of rotatable bonds is 3. The van der Waals surface area contributed by atoms with E-state index in [-0.39, 0.29) is 11.5 Å². The fourth-order valence-electron chi connectivity index (χ4n) is 2.52. The van der Waals surface area contributed by atoms with Crippen LogP contribution in [0, 0.1) is 19.3 Å². The predicted octanol–water partition coefficient (Wildman–Crippen LogP) is 2.05. The molecule has 0 radical (unpaired) electrons. The van der Waals surface area contributed by atoms with E-state index in [0.29, 0.717) is 5.78 Å². The van der Waals surface area contributed by atoms with Gasteiger partial charge in [0.25, 0.3) is 5.78 Å². The molecule has 19 heavy (non-hydrogen) atoms. The van der Waals surface area contributed by atoms with Crippen LogP contribution in [-0.4, -0.2) is 25.6 Å². The molecule has 5 heteroatoms. The van der Waals surface area contributed by atoms with E-state index in [4.69, 9.17) is 5.73 Å². The van der Waals surface area contributed by atoms with Crippen LogP contribution < -0.4 is 5.73 Å². The Kier molecular flexibility index (Phi) is 3.58. The van der Waals surface area contributed by atoms with Gasteiger partial charge in [-0.3, -0.25) is 4.40 Å². The van der Waals surface area contributed by atoms with Gasteiger partial charge >= 0.3 is 0 Å². The van der Waals surface area contributed by atoms with E-state index >= 15 is 0 Å². The third-order valence-corrected chi connectivity index (χ3v) is 3.08. The van der Waals surface area contributed by atoms with E-state index in [9.17, 15) is 0 Å². The molecule has 2 rings (SSSR count). The van der Waals surface area contributed by atoms with Crippen molar-refractivity contribution in [1.29, 1.82) is 0 Å². The van der Waals surface area contributed by atoms with Gasteiger partial charge in [-0.25, -0.2) is 4.98 Å². The van der Waals surface area contributed by atoms with Gasteiger partial charge in [0.2, 0.25) is 0 Å². The first-order valence-corrected chi connectivity index (χ1v) is 6.70. The average molecular weight is 261 g/mol. The molecule has 2 aromatic rings. The molecule has 0 bridgehead atoms. The van der Waals surface area contributed by atoms with Gasteiger partial charge in [-0.05, 0) is 31.7 Å². The Morgan fingerprint density at radius 2 is 1.95 bits per heavy atom. The summed E-state index contributed by atoms with van der Waals surface area (Å²) in [7, 11) is 0. The smallest absolute Gasteiger partial charge is 0.255 e. The van der Waals surface area contributed by atoms with Crippen molar-refractivity contribution in [3.05, 3.63) is 23.3 Å². The summed E-state index contributed by atoms with van der Waals surface area (Å²) in [6.07, 6.45) is 1.68. The van der Waals surface area contributed by atoms with Crippen LogP contribution in [-0.2, 0) is 6.42 Å². The molecule has 1 unspecified atom stereocenters. The quantitative estimate of drug-likeness (QED) is 0.918. The number of fused-ring (bicyclic) bond motifs is 1. The lowest BCUT2D eigenvalue weighted by molar-refractivity contribution is 0.336. The van der Waals surface area contributed by atoms with Gasteiger partial charge in [-0.2, -0.15) is 0 Å². The number of nitrogens with zero attached hydrogens (tertiary/aromatic N) is 4. The second-order valence-corrected chi connectivity index (χ2v) is 6.52. The van der Waals surface area contributed by atoms with Crippen LogP contribution in [0.5, 0.6) is 0 Å². The molecular weight excluding hydrogens is 238 g/mol. The van der Waals surface area contributed by atoms with Crippen molar-refractivity contribution in [2.75, 3.05) is 0 Å². The highest BCUT2D eigenvalue weighted by molar-refractivity contribution is 5.32. The van der Waals surface area contributed by atoms with Crippen molar-refractivity contribution in [3.63, 3.8) is 0 Å². The molecule has 2 aromatic heterocycles. The molecule has 0 fully saturated rings. The molecule has 0 spiro atoms. The summed E-state index contributed by atoms with van der Waals surface area (Å²) in [6.45, 7) is 10.6. The Balaban J connectivity index is 2.27. The van der Waals surface area contributed by atoms with Gasteiger partial charge in [0.15, 0.2) is 0 Å². The molecule has 2 N–H and O–H groups in total. The summed E-state index contributed by atoms with van der Waals surface area (Å²) in [4.78, 5) is 4.39. The Morgan fingerprint density at radius 3 is 2.58 bits per heavy atom. The first-order chi connectivity index (χ1) is 8.76. The molecule has 2 heterocycles. The summed E-state index contributed by atoms with van der Waals surface area (Å²) in [5.41, 5.74) is 8.51. The maximum atomic E-state index is 6.22. The van der Waals surface area contributed by atoms with Crippen molar-refractivity contribution >= 4 is 5.78 Å². The largest absolute Gasteiger partial charge is 0.327 e. The molecule has 0 aliphatic carbocycles. The monoisotopic (exact) mass is 261 g/mol. The Morgan fingerprint density at radius 1 is 1.26 bits per heavy atom. The van der Waals surface area contributed by atoms with E-state index in [2.05, 4.69) is 36.0 Å². The maximum Gasteiger partial charge on any atom is 0.255 e. The third-order valence-electron chi connectivity index (χ3n) is 3.08. The number of nitrogens with two attached hydrogens (primary N) is 1. The minimum absolute atomic E-state index is 0.0908. The van der Waals surface area contributed by atoms with Crippen LogP contribution >= 0.6 is 0 Å². The standard InChI is InChI=1S/C14H23N5/c1-9-6-10(2)19-12(17-18-13(19)16-9)7-11(15)8-14(3,4)5/h6,11H,7-8,15H2,1-5H3. The van der Waals surface area contributed by atoms with Crippen LogP contribution in [0.1, 0.15) is 44.4 Å². The fourth-order valence-corrected chi connectivity index (χ4v) is 2.52. The second-order valence-electron chi connectivity index (χ2n) is 6.52. The molecule has 0 aliphatic heterocycles. The number of aryl methyl sites for hydroxylation is 2. The van der Waals surface area contributed by atoms with E-state index in [1.165, 1.54) is 0 Å². The van der Waals surface area contributed by atoms with Crippen LogP contribution in [0.25, 0.3) is 5.78 Å². The van der Waals surface area contributed by atoms with Crippen molar-refractivity contribution in [2.24, 2.45) is 11.1 Å². The number of hydrogen-bond acceptors (Lipinski definition) is 4. The lowest BCUT2D eigenvalue weighted by Crippen LogP contribution is -2.29. The lowest BCUT2D eigenvalue weighted by atomic mass is 9.87. The highest BCUT2D eigenvalue weighted by Crippen LogP contribution is 2.21. The zero-order valence-corrected chi connectivity index (χ0v) is 12.4. The number of hydrogen-bond donors (Lipinski definition) is 1. The summed E-state index contributed by atoms with van der Waals surface area (Å²) in [5.74, 6) is 1.56. The number of aromatic nitrogens is 4. The summed E-state index contributed by atoms with van der Waals surface area (Å²) in [6, 6.07) is 2.13. The van der Waals surface area contributed by atoms with Gasteiger partial charge in [0.05, 0.1) is 0 Å². The van der Waals surface area contributed by atoms with E-state index in [1.54, 1.807) is 0 Å². The highest BCUT2D eigenvalue weighted by atomic mass is 15.3. The summed E-state index contributed by atoms with van der Waals surface area (Å²) < 4.78 is 2.00. The van der Waals surface area contributed by atoms with Crippen molar-refractivity contribution in [1.82, 2.24) is 19.6 Å². The van der Waals surface area contributed by atoms with Gasteiger partial charge in [0, 0.05) is 23.9 Å². The molecule has 104 valence electrons. The molecule has 1 atom stereocenters. The van der Waals surface area contributed by atoms with Crippen molar-refractivity contribution in [3.8, 4) is 0 Å². The second kappa shape index (κ2) is 4.89. The molecule has 0 saturated carbocycles. The van der Waals surface area contributed by atoms with Gasteiger partial charge < -0.3 is 5.73 Å².